The van der Waals surface area contributed by atoms with Crippen LogP contribution in [-0.2, 0) is 4.79 Å². The predicted molar refractivity (Wildman–Crippen MR) is 93.6 cm³/mol. The van der Waals surface area contributed by atoms with Gasteiger partial charge in [0.2, 0.25) is 5.91 Å². The Balaban J connectivity index is 0.00000264. The molecule has 1 aromatic rings. The Labute approximate surface area is 144 Å². The second-order valence-electron chi connectivity index (χ2n) is 6.42. The van der Waals surface area contributed by atoms with Crippen molar-refractivity contribution in [3.63, 3.8) is 0 Å². The number of nitrogens with one attached hydrogen (secondary N) is 1. The third-order valence-electron chi connectivity index (χ3n) is 4.23. The topological polar surface area (TPSA) is 75.4 Å². The maximum atomic E-state index is 12.7. The van der Waals surface area contributed by atoms with Crippen molar-refractivity contribution in [2.45, 2.75) is 32.2 Å². The lowest BCUT2D eigenvalue weighted by Gasteiger charge is -2.37. The molecule has 0 spiro atoms. The fraction of sp³-hybridized carbons (Fsp3) is 0.529. The molecule has 1 fully saturated rings. The van der Waals surface area contributed by atoms with E-state index in [9.17, 15) is 9.59 Å². The van der Waals surface area contributed by atoms with Crippen LogP contribution >= 0.6 is 12.4 Å². The number of benzene rings is 1. The number of hydrogen-bond donors (Lipinski definition) is 2. The van der Waals surface area contributed by atoms with Crippen LogP contribution in [0.2, 0.25) is 0 Å². The third kappa shape index (κ3) is 4.94. The molecule has 2 amide bonds. The van der Waals surface area contributed by atoms with Crippen LogP contribution in [0.1, 0.15) is 37.0 Å². The van der Waals surface area contributed by atoms with Crippen molar-refractivity contribution in [3.05, 3.63) is 35.9 Å². The zero-order valence-corrected chi connectivity index (χ0v) is 14.6. The number of nitrogens with zero attached hydrogens (tertiary/aromatic N) is 1. The van der Waals surface area contributed by atoms with Crippen molar-refractivity contribution < 1.29 is 9.59 Å². The van der Waals surface area contributed by atoms with Gasteiger partial charge in [-0.3, -0.25) is 9.59 Å². The van der Waals surface area contributed by atoms with Gasteiger partial charge in [-0.25, -0.2) is 0 Å². The first-order chi connectivity index (χ1) is 10.4. The highest BCUT2D eigenvalue weighted by Crippen LogP contribution is 2.19. The number of likely N-dealkylation sites (tertiary alicyclic amines) is 1. The number of amides is 2. The quantitative estimate of drug-likeness (QED) is 0.878. The van der Waals surface area contributed by atoms with Gasteiger partial charge in [-0.2, -0.15) is 0 Å². The molecule has 1 heterocycles. The monoisotopic (exact) mass is 339 g/mol. The summed E-state index contributed by atoms with van der Waals surface area (Å²) in [5, 5.41) is 2.84. The molecule has 1 aliphatic heterocycles. The molecule has 1 aromatic carbocycles. The summed E-state index contributed by atoms with van der Waals surface area (Å²) in [7, 11) is 0. The SMILES string of the molecule is CC(C)(NC(=O)c1ccccc1)C(=O)N1CCC(CN)CC1.Cl. The summed E-state index contributed by atoms with van der Waals surface area (Å²) in [6.45, 7) is 5.61. The van der Waals surface area contributed by atoms with Crippen LogP contribution in [0.4, 0.5) is 0 Å². The van der Waals surface area contributed by atoms with Gasteiger partial charge in [0.1, 0.15) is 5.54 Å². The fourth-order valence-corrected chi connectivity index (χ4v) is 2.77. The Hall–Kier alpha value is -1.59. The third-order valence-corrected chi connectivity index (χ3v) is 4.23. The highest BCUT2D eigenvalue weighted by molar-refractivity contribution is 5.98. The van der Waals surface area contributed by atoms with E-state index in [0.29, 0.717) is 31.1 Å². The molecule has 2 rings (SSSR count). The van der Waals surface area contributed by atoms with E-state index < -0.39 is 5.54 Å². The van der Waals surface area contributed by atoms with Gasteiger partial charge in [-0.15, -0.1) is 12.4 Å². The van der Waals surface area contributed by atoms with Gasteiger partial charge in [0.05, 0.1) is 0 Å². The molecular formula is C17H26ClN3O2. The van der Waals surface area contributed by atoms with Crippen LogP contribution < -0.4 is 11.1 Å². The van der Waals surface area contributed by atoms with Crippen molar-refractivity contribution >= 4 is 24.2 Å². The summed E-state index contributed by atoms with van der Waals surface area (Å²) >= 11 is 0. The summed E-state index contributed by atoms with van der Waals surface area (Å²) in [5.41, 5.74) is 5.33. The van der Waals surface area contributed by atoms with E-state index in [1.165, 1.54) is 0 Å². The molecule has 0 aliphatic carbocycles. The molecule has 0 bridgehead atoms. The standard InChI is InChI=1S/C17H25N3O2.ClH/c1-17(2,19-15(21)14-6-4-3-5-7-14)16(22)20-10-8-13(12-18)9-11-20;/h3-7,13H,8-12,18H2,1-2H3,(H,19,21);1H. The first-order valence-corrected chi connectivity index (χ1v) is 7.81. The molecule has 0 radical (unpaired) electrons. The molecule has 0 saturated carbocycles. The molecule has 0 unspecified atom stereocenters. The largest absolute Gasteiger partial charge is 0.341 e. The summed E-state index contributed by atoms with van der Waals surface area (Å²) < 4.78 is 0. The summed E-state index contributed by atoms with van der Waals surface area (Å²) in [6.07, 6.45) is 1.87. The Morgan fingerprint density at radius 3 is 2.30 bits per heavy atom. The van der Waals surface area contributed by atoms with Crippen molar-refractivity contribution in [1.82, 2.24) is 10.2 Å². The van der Waals surface area contributed by atoms with Crippen molar-refractivity contribution in [1.29, 1.82) is 0 Å². The molecule has 3 N–H and O–H groups in total. The van der Waals surface area contributed by atoms with E-state index in [2.05, 4.69) is 5.32 Å². The van der Waals surface area contributed by atoms with Gasteiger partial charge in [0, 0.05) is 18.7 Å². The van der Waals surface area contributed by atoms with E-state index in [4.69, 9.17) is 5.73 Å². The Morgan fingerprint density at radius 1 is 1.22 bits per heavy atom. The average molecular weight is 340 g/mol. The number of piperidine rings is 1. The molecule has 1 aliphatic rings. The second kappa shape index (κ2) is 8.31. The molecule has 23 heavy (non-hydrogen) atoms. The second-order valence-corrected chi connectivity index (χ2v) is 6.42. The van der Waals surface area contributed by atoms with Crippen molar-refractivity contribution in [2.24, 2.45) is 11.7 Å². The lowest BCUT2D eigenvalue weighted by Crippen LogP contribution is -2.57. The first-order valence-electron chi connectivity index (χ1n) is 7.81. The van der Waals surface area contributed by atoms with E-state index in [1.807, 2.05) is 11.0 Å². The lowest BCUT2D eigenvalue weighted by molar-refractivity contribution is -0.138. The maximum Gasteiger partial charge on any atom is 0.252 e. The van der Waals surface area contributed by atoms with Gasteiger partial charge >= 0.3 is 0 Å². The normalized spacial score (nSPS) is 15.7. The van der Waals surface area contributed by atoms with Gasteiger partial charge in [0.25, 0.3) is 5.91 Å². The van der Waals surface area contributed by atoms with E-state index >= 15 is 0 Å². The fourth-order valence-electron chi connectivity index (χ4n) is 2.77. The van der Waals surface area contributed by atoms with Crippen LogP contribution in [0.25, 0.3) is 0 Å². The molecule has 0 atom stereocenters. The number of carbonyl (C=O) groups excluding carboxylic acids is 2. The maximum absolute atomic E-state index is 12.7. The van der Waals surface area contributed by atoms with Crippen molar-refractivity contribution in [3.8, 4) is 0 Å². The zero-order valence-electron chi connectivity index (χ0n) is 13.7. The lowest BCUT2D eigenvalue weighted by atomic mass is 9.94. The number of halogens is 1. The molecule has 0 aromatic heterocycles. The van der Waals surface area contributed by atoms with Crippen LogP contribution in [0.5, 0.6) is 0 Å². The summed E-state index contributed by atoms with van der Waals surface area (Å²) in [5.74, 6) is 0.245. The van der Waals surface area contributed by atoms with E-state index in [-0.39, 0.29) is 24.2 Å². The van der Waals surface area contributed by atoms with E-state index in [0.717, 1.165) is 12.8 Å². The Bertz CT molecular complexity index is 526. The Kier molecular flexibility index (Phi) is 7.03. The van der Waals surface area contributed by atoms with Crippen molar-refractivity contribution in [2.75, 3.05) is 19.6 Å². The van der Waals surface area contributed by atoms with Crippen LogP contribution in [-0.4, -0.2) is 41.9 Å². The summed E-state index contributed by atoms with van der Waals surface area (Å²) in [6, 6.07) is 8.95. The van der Waals surface area contributed by atoms with Crippen LogP contribution in [0.15, 0.2) is 30.3 Å². The van der Waals surface area contributed by atoms with Gasteiger partial charge < -0.3 is 16.0 Å². The van der Waals surface area contributed by atoms with E-state index in [1.54, 1.807) is 38.1 Å². The number of nitrogens with two attached hydrogens (primary N) is 1. The minimum Gasteiger partial charge on any atom is -0.341 e. The van der Waals surface area contributed by atoms with Crippen LogP contribution in [0.3, 0.4) is 0 Å². The predicted octanol–water partition coefficient (Wildman–Crippen LogP) is 1.81. The molecule has 6 heteroatoms. The van der Waals surface area contributed by atoms with Gasteiger partial charge in [-0.1, -0.05) is 18.2 Å². The smallest absolute Gasteiger partial charge is 0.252 e. The average Bonchev–Trinajstić information content (AvgIpc) is 2.54. The minimum absolute atomic E-state index is 0. The molecular weight excluding hydrogens is 314 g/mol. The molecule has 1 saturated heterocycles. The van der Waals surface area contributed by atoms with Crippen LogP contribution in [0, 0.1) is 5.92 Å². The molecule has 5 nitrogen and oxygen atoms in total. The highest BCUT2D eigenvalue weighted by Gasteiger charge is 2.35. The number of rotatable bonds is 4. The minimum atomic E-state index is -0.914. The van der Waals surface area contributed by atoms with Gasteiger partial charge in [-0.05, 0) is 51.3 Å². The number of hydrogen-bond acceptors (Lipinski definition) is 3. The Morgan fingerprint density at radius 2 is 1.78 bits per heavy atom. The first kappa shape index (κ1) is 19.5. The highest BCUT2D eigenvalue weighted by atomic mass is 35.5. The molecule has 128 valence electrons. The summed E-state index contributed by atoms with van der Waals surface area (Å²) in [4.78, 5) is 26.7. The number of carbonyl (C=O) groups is 2. The van der Waals surface area contributed by atoms with Gasteiger partial charge in [0.15, 0.2) is 0 Å². The zero-order chi connectivity index (χ0) is 16.2.